The first-order valence-corrected chi connectivity index (χ1v) is 9.71. The van der Waals surface area contributed by atoms with Gasteiger partial charge in [0.1, 0.15) is 5.82 Å². The summed E-state index contributed by atoms with van der Waals surface area (Å²) in [4.78, 5) is 3.91. The smallest absolute Gasteiger partial charge is 0.420 e. The van der Waals surface area contributed by atoms with Gasteiger partial charge in [0.2, 0.25) is 6.39 Å². The molecule has 0 radical (unpaired) electrons. The van der Waals surface area contributed by atoms with Crippen molar-refractivity contribution in [2.45, 2.75) is 64.4 Å². The highest BCUT2D eigenvalue weighted by Gasteiger charge is 2.49. The molecule has 7 nitrogen and oxygen atoms in total. The van der Waals surface area contributed by atoms with Crippen LogP contribution in [-0.2, 0) is 6.18 Å². The van der Waals surface area contributed by atoms with Gasteiger partial charge in [-0.1, -0.05) is 13.8 Å². The average molecular weight is 469 g/mol. The predicted molar refractivity (Wildman–Crippen MR) is 104 cm³/mol. The number of rotatable bonds is 9. The van der Waals surface area contributed by atoms with Crippen LogP contribution in [0.2, 0.25) is 0 Å². The molecule has 0 aliphatic heterocycles. The van der Waals surface area contributed by atoms with Gasteiger partial charge < -0.3 is 20.6 Å². The number of nitrogens with two attached hydrogens (primary N) is 1. The van der Waals surface area contributed by atoms with E-state index in [1.807, 2.05) is 0 Å². The number of nitrogens with one attached hydrogen (secondary N) is 1. The number of nitrogen functional groups attached to an aromatic ring is 1. The van der Waals surface area contributed by atoms with E-state index in [0.29, 0.717) is 19.8 Å². The molecule has 2 aromatic heterocycles. The van der Waals surface area contributed by atoms with Gasteiger partial charge in [0.05, 0.1) is 11.3 Å². The number of pyridine rings is 1. The van der Waals surface area contributed by atoms with Crippen LogP contribution in [0.25, 0.3) is 11.6 Å². The third-order valence-corrected chi connectivity index (χ3v) is 5.14. The molecule has 2 aromatic rings. The van der Waals surface area contributed by atoms with Crippen molar-refractivity contribution in [2.75, 3.05) is 17.6 Å². The van der Waals surface area contributed by atoms with Crippen molar-refractivity contribution in [3.63, 3.8) is 0 Å². The molecule has 2 heterocycles. The van der Waals surface area contributed by atoms with Crippen LogP contribution in [0, 0.1) is 5.41 Å². The Morgan fingerprint density at radius 1 is 1.06 bits per heavy atom. The van der Waals surface area contributed by atoms with E-state index >= 15 is 0 Å². The highest BCUT2D eigenvalue weighted by molar-refractivity contribution is 5.70. The van der Waals surface area contributed by atoms with E-state index in [-0.39, 0.29) is 30.2 Å². The van der Waals surface area contributed by atoms with Gasteiger partial charge in [-0.2, -0.15) is 26.3 Å². The van der Waals surface area contributed by atoms with Crippen LogP contribution in [-0.4, -0.2) is 38.6 Å². The van der Waals surface area contributed by atoms with Gasteiger partial charge in [-0.25, -0.2) is 4.98 Å². The van der Waals surface area contributed by atoms with Gasteiger partial charge >= 0.3 is 12.4 Å². The second-order valence-electron chi connectivity index (χ2n) is 8.53. The molecule has 13 heteroatoms. The maximum Gasteiger partial charge on any atom is 0.420 e. The first-order valence-electron chi connectivity index (χ1n) is 9.71. The Morgan fingerprint density at radius 2 is 1.72 bits per heavy atom. The van der Waals surface area contributed by atoms with E-state index in [1.54, 1.807) is 13.8 Å². The number of alkyl halides is 6. The molecule has 4 N–H and O–H groups in total. The average Bonchev–Trinajstić information content (AvgIpc) is 3.14. The molecule has 0 saturated carbocycles. The Balaban J connectivity index is 2.06. The lowest BCUT2D eigenvalue weighted by atomic mass is 9.82. The third-order valence-electron chi connectivity index (χ3n) is 5.14. The van der Waals surface area contributed by atoms with Gasteiger partial charge in [0, 0.05) is 6.54 Å². The Hall–Kier alpha value is -2.57. The van der Waals surface area contributed by atoms with Gasteiger partial charge in [-0.15, -0.1) is 10.2 Å². The van der Waals surface area contributed by atoms with Crippen LogP contribution in [0.4, 0.5) is 37.8 Å². The molecule has 180 valence electrons. The molecule has 32 heavy (non-hydrogen) atoms. The van der Waals surface area contributed by atoms with Crippen LogP contribution in [0.1, 0.15) is 52.0 Å². The second kappa shape index (κ2) is 9.12. The maximum absolute atomic E-state index is 13.4. The monoisotopic (exact) mass is 469 g/mol. The molecular weight excluding hydrogens is 444 g/mol. The van der Waals surface area contributed by atoms with Gasteiger partial charge in [-0.3, -0.25) is 0 Å². The molecule has 1 atom stereocenters. The van der Waals surface area contributed by atoms with Crippen molar-refractivity contribution in [1.82, 2.24) is 15.2 Å². The van der Waals surface area contributed by atoms with Gasteiger partial charge in [0.25, 0.3) is 5.89 Å². The third kappa shape index (κ3) is 6.47. The van der Waals surface area contributed by atoms with Crippen LogP contribution >= 0.6 is 0 Å². The summed E-state index contributed by atoms with van der Waals surface area (Å²) in [7, 11) is 0. The summed E-state index contributed by atoms with van der Waals surface area (Å²) in [5.74, 6) is -0.618. The molecule has 0 aliphatic carbocycles. The number of nitrogens with zero attached hydrogens (tertiary/aromatic N) is 3. The normalized spacial score (nSPS) is 14.9. The van der Waals surface area contributed by atoms with Gasteiger partial charge in [-0.05, 0) is 44.1 Å². The largest absolute Gasteiger partial charge is 0.422 e. The van der Waals surface area contributed by atoms with Crippen LogP contribution in [0.15, 0.2) is 16.9 Å². The topological polar surface area (TPSA) is 110 Å². The summed E-state index contributed by atoms with van der Waals surface area (Å²) < 4.78 is 83.5. The summed E-state index contributed by atoms with van der Waals surface area (Å²) in [6, 6.07) is 0.721. The van der Waals surface area contributed by atoms with Crippen molar-refractivity contribution in [1.29, 1.82) is 0 Å². The van der Waals surface area contributed by atoms with Crippen molar-refractivity contribution in [3.8, 4) is 11.6 Å². The van der Waals surface area contributed by atoms with Crippen LogP contribution in [0.3, 0.4) is 0 Å². The fourth-order valence-corrected chi connectivity index (χ4v) is 3.02. The minimum Gasteiger partial charge on any atom is -0.422 e. The fourth-order valence-electron chi connectivity index (χ4n) is 3.02. The van der Waals surface area contributed by atoms with E-state index < -0.39 is 41.2 Å². The van der Waals surface area contributed by atoms with E-state index in [1.165, 1.54) is 0 Å². The standard InChI is InChI=1S/C19H25F6N5O2/c1-16(2,5-4-6-17(3,31)19(23,24)25)7-8-27-14-11(18(20,21)22)9-12(26)13(29-14)15-30-28-10-32-15/h9-10,31H,4-8,26H2,1-3H3,(H,27,29). The number of hydrogen-bond donors (Lipinski definition) is 3. The minimum absolute atomic E-state index is 0.0614. The molecule has 0 bridgehead atoms. The first-order chi connectivity index (χ1) is 14.5. The molecule has 0 spiro atoms. The van der Waals surface area contributed by atoms with Crippen LogP contribution in [0.5, 0.6) is 0 Å². The lowest BCUT2D eigenvalue weighted by molar-refractivity contribution is -0.255. The fraction of sp³-hybridized carbons (Fsp3) is 0.632. The summed E-state index contributed by atoms with van der Waals surface area (Å²) in [5.41, 5.74) is 0.920. The molecule has 0 saturated heterocycles. The number of aromatic nitrogens is 3. The highest BCUT2D eigenvalue weighted by Crippen LogP contribution is 2.39. The van der Waals surface area contributed by atoms with E-state index in [4.69, 9.17) is 10.2 Å². The molecule has 1 unspecified atom stereocenters. The molecule has 0 amide bonds. The predicted octanol–water partition coefficient (Wildman–Crippen LogP) is 5.04. The van der Waals surface area contributed by atoms with Crippen molar-refractivity contribution in [3.05, 3.63) is 18.0 Å². The zero-order valence-electron chi connectivity index (χ0n) is 17.7. The number of aliphatic hydroxyl groups is 1. The Bertz CT molecular complexity index is 895. The Morgan fingerprint density at radius 3 is 2.25 bits per heavy atom. The summed E-state index contributed by atoms with van der Waals surface area (Å²) in [6.07, 6.45) is -8.19. The van der Waals surface area contributed by atoms with Crippen molar-refractivity contribution in [2.24, 2.45) is 5.41 Å². The SMILES string of the molecule is CC(C)(CCCC(C)(O)C(F)(F)F)CCNc1nc(-c2nnco2)c(N)cc1C(F)(F)F. The first kappa shape index (κ1) is 25.7. The zero-order chi connectivity index (χ0) is 24.4. The van der Waals surface area contributed by atoms with Crippen molar-refractivity contribution < 1.29 is 35.9 Å². The van der Waals surface area contributed by atoms with Crippen LogP contribution < -0.4 is 11.1 Å². The molecular formula is C19H25F6N5O2. The second-order valence-corrected chi connectivity index (χ2v) is 8.53. The highest BCUT2D eigenvalue weighted by atomic mass is 19.4. The summed E-state index contributed by atoms with van der Waals surface area (Å²) in [5, 5.41) is 19.2. The van der Waals surface area contributed by atoms with E-state index in [9.17, 15) is 31.4 Å². The molecule has 0 fully saturated rings. The maximum atomic E-state index is 13.4. The molecule has 0 aromatic carbocycles. The zero-order valence-corrected chi connectivity index (χ0v) is 17.7. The van der Waals surface area contributed by atoms with Gasteiger partial charge in [0.15, 0.2) is 11.3 Å². The quantitative estimate of drug-likeness (QED) is 0.441. The summed E-state index contributed by atoms with van der Waals surface area (Å²) >= 11 is 0. The molecule has 2 rings (SSSR count). The number of hydrogen-bond acceptors (Lipinski definition) is 7. The lowest BCUT2D eigenvalue weighted by Gasteiger charge is -2.29. The summed E-state index contributed by atoms with van der Waals surface area (Å²) in [6.45, 7) is 4.34. The van der Waals surface area contributed by atoms with Crippen molar-refractivity contribution >= 4 is 11.5 Å². The Kier molecular flexibility index (Phi) is 7.32. The lowest BCUT2D eigenvalue weighted by Crippen LogP contribution is -2.42. The van der Waals surface area contributed by atoms with E-state index in [2.05, 4.69) is 20.5 Å². The minimum atomic E-state index is -4.73. The van der Waals surface area contributed by atoms with E-state index in [0.717, 1.165) is 12.5 Å². The number of anilines is 2. The number of halogens is 6. The Labute approximate surface area is 180 Å². The molecule has 0 aliphatic rings.